The predicted octanol–water partition coefficient (Wildman–Crippen LogP) is 4.43. The molecule has 26 heavy (non-hydrogen) atoms. The largest absolute Gasteiger partial charge is 0.489 e. The van der Waals surface area contributed by atoms with Crippen molar-refractivity contribution in [2.75, 3.05) is 5.32 Å². The molecule has 4 aliphatic rings. The average molecular weight is 348 g/mol. The monoisotopic (exact) mass is 348 g/mol. The maximum Gasteiger partial charge on any atom is 0.230 e. The molecule has 134 valence electrons. The van der Waals surface area contributed by atoms with Gasteiger partial charge in [0.2, 0.25) is 5.91 Å². The van der Waals surface area contributed by atoms with Crippen molar-refractivity contribution in [1.29, 1.82) is 0 Å². The molecule has 0 spiro atoms. The van der Waals surface area contributed by atoms with E-state index in [9.17, 15) is 4.79 Å². The fraction of sp³-hybridized carbons (Fsp3) is 0.455. The smallest absolute Gasteiger partial charge is 0.230 e. The van der Waals surface area contributed by atoms with Crippen LogP contribution in [-0.2, 0) is 11.4 Å². The minimum atomic E-state index is -0.119. The van der Waals surface area contributed by atoms with Crippen molar-refractivity contribution in [2.24, 2.45) is 22.7 Å². The second-order valence-electron chi connectivity index (χ2n) is 8.66. The molecule has 4 aliphatic carbocycles. The van der Waals surface area contributed by atoms with Gasteiger partial charge in [0.25, 0.3) is 0 Å². The number of hydrogen-bond acceptors (Lipinski definition) is 3. The Morgan fingerprint density at radius 3 is 2.85 bits per heavy atom. The molecule has 6 rings (SSSR count). The number of hydrogen-bond donors (Lipinski definition) is 1. The minimum absolute atomic E-state index is 0.119. The molecule has 4 nitrogen and oxygen atoms in total. The van der Waals surface area contributed by atoms with Gasteiger partial charge in [-0.05, 0) is 61.1 Å². The number of rotatable bonds is 5. The number of pyridine rings is 1. The fourth-order valence-electron chi connectivity index (χ4n) is 5.88. The van der Waals surface area contributed by atoms with Gasteiger partial charge in [0, 0.05) is 29.7 Å². The van der Waals surface area contributed by atoms with Crippen molar-refractivity contribution in [2.45, 2.75) is 39.2 Å². The topological polar surface area (TPSA) is 51.2 Å². The Morgan fingerprint density at radius 2 is 2.19 bits per heavy atom. The van der Waals surface area contributed by atoms with E-state index in [1.54, 1.807) is 12.4 Å². The molecule has 1 amide bonds. The molecule has 1 heterocycles. The summed E-state index contributed by atoms with van der Waals surface area (Å²) in [4.78, 5) is 17.2. The predicted molar refractivity (Wildman–Crippen MR) is 99.6 cm³/mol. The van der Waals surface area contributed by atoms with Crippen LogP contribution in [0.2, 0.25) is 0 Å². The Labute approximate surface area is 154 Å². The van der Waals surface area contributed by atoms with Gasteiger partial charge in [-0.25, -0.2) is 0 Å². The lowest BCUT2D eigenvalue weighted by atomic mass is 9.79. The third-order valence-corrected chi connectivity index (χ3v) is 7.05. The normalized spacial score (nSPS) is 33.6. The van der Waals surface area contributed by atoms with E-state index in [-0.39, 0.29) is 11.3 Å². The lowest BCUT2D eigenvalue weighted by Gasteiger charge is -2.27. The van der Waals surface area contributed by atoms with Crippen molar-refractivity contribution in [1.82, 2.24) is 4.98 Å². The Hall–Kier alpha value is -2.36. The van der Waals surface area contributed by atoms with Crippen LogP contribution < -0.4 is 10.1 Å². The van der Waals surface area contributed by atoms with Gasteiger partial charge in [-0.2, -0.15) is 0 Å². The molecule has 1 N–H and O–H groups in total. The number of nitrogens with one attached hydrogen (secondary N) is 1. The molecule has 1 aromatic carbocycles. The lowest BCUT2D eigenvalue weighted by molar-refractivity contribution is -0.126. The first-order valence-corrected chi connectivity index (χ1v) is 9.51. The molecular weight excluding hydrogens is 324 g/mol. The average Bonchev–Trinajstić information content (AvgIpc) is 3.32. The highest BCUT2D eigenvalue weighted by Crippen LogP contribution is 2.75. The zero-order valence-electron chi connectivity index (χ0n) is 15.1. The van der Waals surface area contributed by atoms with Crippen LogP contribution in [0.3, 0.4) is 0 Å². The van der Waals surface area contributed by atoms with Gasteiger partial charge < -0.3 is 10.1 Å². The Kier molecular flexibility index (Phi) is 3.40. The van der Waals surface area contributed by atoms with Crippen LogP contribution in [0.15, 0.2) is 48.8 Å². The number of nitrogens with zero attached hydrogens (tertiary/aromatic N) is 1. The number of anilines is 1. The molecule has 0 saturated heterocycles. The Morgan fingerprint density at radius 1 is 1.27 bits per heavy atom. The van der Waals surface area contributed by atoms with E-state index in [0.717, 1.165) is 35.8 Å². The van der Waals surface area contributed by atoms with Crippen LogP contribution in [0.1, 0.15) is 38.2 Å². The van der Waals surface area contributed by atoms with E-state index >= 15 is 0 Å². The maximum atomic E-state index is 13.1. The number of benzene rings is 1. The van der Waals surface area contributed by atoms with Crippen molar-refractivity contribution >= 4 is 11.6 Å². The zero-order valence-corrected chi connectivity index (χ0v) is 15.1. The van der Waals surface area contributed by atoms with E-state index in [0.29, 0.717) is 17.9 Å². The number of ether oxygens (including phenoxy) is 1. The van der Waals surface area contributed by atoms with Gasteiger partial charge in [-0.15, -0.1) is 0 Å². The maximum absolute atomic E-state index is 13.1. The summed E-state index contributed by atoms with van der Waals surface area (Å²) in [5, 5.41) is 3.18. The first-order chi connectivity index (χ1) is 12.6. The van der Waals surface area contributed by atoms with Crippen molar-refractivity contribution in [3.8, 4) is 5.75 Å². The van der Waals surface area contributed by atoms with Crippen LogP contribution in [0, 0.1) is 22.7 Å². The van der Waals surface area contributed by atoms with Gasteiger partial charge in [0.05, 0.1) is 5.41 Å². The van der Waals surface area contributed by atoms with E-state index in [1.165, 1.54) is 12.8 Å². The molecule has 4 atom stereocenters. The van der Waals surface area contributed by atoms with E-state index in [1.807, 2.05) is 36.4 Å². The van der Waals surface area contributed by atoms with Crippen molar-refractivity contribution < 1.29 is 9.53 Å². The number of amides is 1. The second kappa shape index (κ2) is 5.57. The van der Waals surface area contributed by atoms with Gasteiger partial charge in [0.1, 0.15) is 12.4 Å². The van der Waals surface area contributed by atoms with Crippen LogP contribution in [-0.4, -0.2) is 10.9 Å². The summed E-state index contributed by atoms with van der Waals surface area (Å²) in [5.41, 5.74) is 2.14. The van der Waals surface area contributed by atoms with Gasteiger partial charge in [-0.1, -0.05) is 19.1 Å². The second-order valence-corrected chi connectivity index (χ2v) is 8.66. The molecule has 4 bridgehead atoms. The Balaban J connectivity index is 1.27. The van der Waals surface area contributed by atoms with Crippen LogP contribution in [0.4, 0.5) is 5.69 Å². The molecule has 2 aromatic rings. The molecule has 4 heteroatoms. The summed E-state index contributed by atoms with van der Waals surface area (Å²) >= 11 is 0. The first-order valence-electron chi connectivity index (χ1n) is 9.51. The zero-order chi connectivity index (χ0) is 17.8. The Bertz CT molecular complexity index is 852. The summed E-state index contributed by atoms with van der Waals surface area (Å²) in [5.74, 6) is 2.32. The number of aromatic nitrogens is 1. The highest BCUT2D eigenvalue weighted by Gasteiger charge is 2.71. The van der Waals surface area contributed by atoms with E-state index < -0.39 is 0 Å². The van der Waals surface area contributed by atoms with Gasteiger partial charge in [-0.3, -0.25) is 9.78 Å². The highest BCUT2D eigenvalue weighted by molar-refractivity contribution is 5.96. The van der Waals surface area contributed by atoms with Crippen molar-refractivity contribution in [3.05, 3.63) is 54.4 Å². The third-order valence-electron chi connectivity index (χ3n) is 7.05. The van der Waals surface area contributed by atoms with Gasteiger partial charge >= 0.3 is 0 Å². The summed E-state index contributed by atoms with van der Waals surface area (Å²) in [6, 6.07) is 11.6. The number of carbonyl (C=O) groups excluding carboxylic acids is 1. The summed E-state index contributed by atoms with van der Waals surface area (Å²) in [6.07, 6.45) is 8.18. The SMILES string of the molecule is CC12C[C@H]3C[C@@H]1C[C@@]3(C(=O)Nc1cccc(OCc3cccnc3)c1)C2. The summed E-state index contributed by atoms with van der Waals surface area (Å²) in [7, 11) is 0. The van der Waals surface area contributed by atoms with E-state index in [4.69, 9.17) is 4.74 Å². The summed E-state index contributed by atoms with van der Waals surface area (Å²) in [6.45, 7) is 2.85. The molecule has 1 unspecified atom stereocenters. The molecular formula is C22H24N2O2. The molecule has 0 aliphatic heterocycles. The summed E-state index contributed by atoms with van der Waals surface area (Å²) < 4.78 is 5.85. The molecule has 4 fully saturated rings. The van der Waals surface area contributed by atoms with E-state index in [2.05, 4.69) is 17.2 Å². The van der Waals surface area contributed by atoms with Crippen LogP contribution in [0.25, 0.3) is 0 Å². The number of carbonyl (C=O) groups is 1. The first kappa shape index (κ1) is 15.9. The highest BCUT2D eigenvalue weighted by atomic mass is 16.5. The van der Waals surface area contributed by atoms with Crippen molar-refractivity contribution in [3.63, 3.8) is 0 Å². The molecule has 4 saturated carbocycles. The lowest BCUT2D eigenvalue weighted by Crippen LogP contribution is -2.35. The van der Waals surface area contributed by atoms with Crippen LogP contribution in [0.5, 0.6) is 5.75 Å². The molecule has 0 radical (unpaired) electrons. The third kappa shape index (κ3) is 2.35. The molecule has 1 aromatic heterocycles. The standard InChI is InChI=1S/C22H24N2O2/c1-21-10-17-8-16(21)11-22(17,14-21)20(25)24-18-5-2-6-19(9-18)26-13-15-4-3-7-23-12-15/h2-7,9,12,16-17H,8,10-11,13-14H2,1H3,(H,24,25)/t16-,17-,21?,22-/m1/s1. The fourth-order valence-corrected chi connectivity index (χ4v) is 5.88. The van der Waals surface area contributed by atoms with Gasteiger partial charge in [0.15, 0.2) is 0 Å². The van der Waals surface area contributed by atoms with Crippen LogP contribution >= 0.6 is 0 Å². The minimum Gasteiger partial charge on any atom is -0.489 e. The quantitative estimate of drug-likeness (QED) is 0.870.